The molecule has 0 saturated heterocycles. The minimum absolute atomic E-state index is 0.123. The molecule has 4 rings (SSSR count). The molecule has 0 radical (unpaired) electrons. The molecule has 7 heteroatoms. The molecule has 0 atom stereocenters. The fourth-order valence-electron chi connectivity index (χ4n) is 3.02. The Morgan fingerprint density at radius 1 is 1.14 bits per heavy atom. The SMILES string of the molecule is Cc1ccc2nc(-c3ccc(NC(=O)Cn4nc(C)c(Cl)c4C)cc3)sc2c1. The number of carbonyl (C=O) groups excluding carboxylic acids is 1. The number of nitrogens with zero attached hydrogens (tertiary/aromatic N) is 3. The zero-order valence-corrected chi connectivity index (χ0v) is 17.4. The highest BCUT2D eigenvalue weighted by Crippen LogP contribution is 2.31. The van der Waals surface area contributed by atoms with E-state index in [0.717, 1.165) is 33.2 Å². The van der Waals surface area contributed by atoms with Gasteiger partial charge in [-0.1, -0.05) is 17.7 Å². The molecule has 5 nitrogen and oxygen atoms in total. The van der Waals surface area contributed by atoms with Gasteiger partial charge in [0.05, 0.1) is 26.6 Å². The van der Waals surface area contributed by atoms with E-state index in [4.69, 9.17) is 16.6 Å². The van der Waals surface area contributed by atoms with Gasteiger partial charge >= 0.3 is 0 Å². The molecule has 0 saturated carbocycles. The number of halogens is 1. The van der Waals surface area contributed by atoms with Crippen molar-refractivity contribution < 1.29 is 4.79 Å². The van der Waals surface area contributed by atoms with Crippen LogP contribution in [0.3, 0.4) is 0 Å². The maximum Gasteiger partial charge on any atom is 0.246 e. The van der Waals surface area contributed by atoms with Crippen LogP contribution in [0.25, 0.3) is 20.8 Å². The van der Waals surface area contributed by atoms with Crippen molar-refractivity contribution in [2.75, 3.05) is 5.32 Å². The van der Waals surface area contributed by atoms with Gasteiger partial charge < -0.3 is 5.32 Å². The van der Waals surface area contributed by atoms with Crippen LogP contribution in [0, 0.1) is 20.8 Å². The summed E-state index contributed by atoms with van der Waals surface area (Å²) in [7, 11) is 0. The molecular formula is C21H19ClN4OS. The third-order valence-electron chi connectivity index (χ3n) is 4.55. The molecule has 2 heterocycles. The second kappa shape index (κ2) is 7.37. The molecular weight excluding hydrogens is 392 g/mol. The van der Waals surface area contributed by atoms with Crippen LogP contribution in [-0.2, 0) is 11.3 Å². The van der Waals surface area contributed by atoms with Crippen molar-refractivity contribution in [1.29, 1.82) is 0 Å². The van der Waals surface area contributed by atoms with Crippen molar-refractivity contribution in [1.82, 2.24) is 14.8 Å². The number of aromatic nitrogens is 3. The Morgan fingerprint density at radius 2 is 1.89 bits per heavy atom. The summed E-state index contributed by atoms with van der Waals surface area (Å²) >= 11 is 7.80. The average molecular weight is 411 g/mol. The Balaban J connectivity index is 1.48. The van der Waals surface area contributed by atoms with Crippen molar-refractivity contribution in [2.24, 2.45) is 0 Å². The van der Waals surface area contributed by atoms with Crippen molar-refractivity contribution in [2.45, 2.75) is 27.3 Å². The summed E-state index contributed by atoms with van der Waals surface area (Å²) < 4.78 is 2.79. The van der Waals surface area contributed by atoms with E-state index in [9.17, 15) is 4.79 Å². The normalized spacial score (nSPS) is 11.1. The molecule has 1 N–H and O–H groups in total. The Kier molecular flexibility index (Phi) is 4.91. The Labute approximate surface area is 172 Å². The van der Waals surface area contributed by atoms with Crippen LogP contribution in [0.2, 0.25) is 5.02 Å². The molecule has 4 aromatic rings. The number of fused-ring (bicyclic) bond motifs is 1. The molecule has 1 amide bonds. The van der Waals surface area contributed by atoms with Gasteiger partial charge in [0.25, 0.3) is 0 Å². The van der Waals surface area contributed by atoms with Crippen molar-refractivity contribution >= 4 is 44.7 Å². The number of amides is 1. The monoisotopic (exact) mass is 410 g/mol. The number of nitrogens with one attached hydrogen (secondary N) is 1. The van der Waals surface area contributed by atoms with Gasteiger partial charge in [-0.2, -0.15) is 5.10 Å². The molecule has 2 aromatic carbocycles. The van der Waals surface area contributed by atoms with Crippen LogP contribution in [0.1, 0.15) is 17.0 Å². The van der Waals surface area contributed by atoms with Crippen LogP contribution < -0.4 is 5.32 Å². The highest BCUT2D eigenvalue weighted by molar-refractivity contribution is 7.21. The highest BCUT2D eigenvalue weighted by atomic mass is 35.5. The lowest BCUT2D eigenvalue weighted by atomic mass is 10.2. The fraction of sp³-hybridized carbons (Fsp3) is 0.190. The van der Waals surface area contributed by atoms with Crippen LogP contribution in [0.15, 0.2) is 42.5 Å². The summed E-state index contributed by atoms with van der Waals surface area (Å²) in [5.74, 6) is -0.148. The van der Waals surface area contributed by atoms with Crippen LogP contribution in [0.5, 0.6) is 0 Å². The first-order valence-corrected chi connectivity index (χ1v) is 10.1. The van der Waals surface area contributed by atoms with E-state index < -0.39 is 0 Å². The molecule has 0 bridgehead atoms. The van der Waals surface area contributed by atoms with Gasteiger partial charge in [-0.25, -0.2) is 4.98 Å². The lowest BCUT2D eigenvalue weighted by Gasteiger charge is -2.07. The predicted octanol–water partition coefficient (Wildman–Crippen LogP) is 5.38. The number of hydrogen-bond acceptors (Lipinski definition) is 4. The van der Waals surface area contributed by atoms with E-state index in [1.807, 2.05) is 44.2 Å². The van der Waals surface area contributed by atoms with Gasteiger partial charge in [0.15, 0.2) is 0 Å². The minimum atomic E-state index is -0.148. The van der Waals surface area contributed by atoms with Crippen molar-refractivity contribution in [3.63, 3.8) is 0 Å². The first-order chi connectivity index (χ1) is 13.4. The molecule has 142 valence electrons. The lowest BCUT2D eigenvalue weighted by Crippen LogP contribution is -2.20. The summed E-state index contributed by atoms with van der Waals surface area (Å²) in [5.41, 5.74) is 5.51. The van der Waals surface area contributed by atoms with E-state index in [-0.39, 0.29) is 12.5 Å². The number of thiazole rings is 1. The topological polar surface area (TPSA) is 59.8 Å². The molecule has 0 unspecified atom stereocenters. The summed E-state index contributed by atoms with van der Waals surface area (Å²) in [6.45, 7) is 5.88. The molecule has 0 fully saturated rings. The summed E-state index contributed by atoms with van der Waals surface area (Å²) in [6.07, 6.45) is 0. The second-order valence-electron chi connectivity index (χ2n) is 6.76. The van der Waals surface area contributed by atoms with Gasteiger partial charge in [-0.15, -0.1) is 11.3 Å². The Hall–Kier alpha value is -2.70. The summed E-state index contributed by atoms with van der Waals surface area (Å²) in [6, 6.07) is 14.0. The summed E-state index contributed by atoms with van der Waals surface area (Å²) in [5, 5.41) is 8.76. The fourth-order valence-corrected chi connectivity index (χ4v) is 4.22. The van der Waals surface area contributed by atoms with Gasteiger partial charge in [-0.3, -0.25) is 9.48 Å². The number of anilines is 1. The predicted molar refractivity (Wildman–Crippen MR) is 115 cm³/mol. The number of benzene rings is 2. The maximum atomic E-state index is 12.3. The van der Waals surface area contributed by atoms with Crippen LogP contribution in [-0.4, -0.2) is 20.7 Å². The first kappa shape index (κ1) is 18.7. The molecule has 0 spiro atoms. The standard InChI is InChI=1S/C21H19ClN4OS/c1-12-4-9-17-18(10-12)28-21(24-17)15-5-7-16(8-6-15)23-19(27)11-26-14(3)20(22)13(2)25-26/h4-10H,11H2,1-3H3,(H,23,27). The quantitative estimate of drug-likeness (QED) is 0.491. The smallest absolute Gasteiger partial charge is 0.246 e. The highest BCUT2D eigenvalue weighted by Gasteiger charge is 2.13. The number of hydrogen-bond donors (Lipinski definition) is 1. The zero-order chi connectivity index (χ0) is 19.8. The third-order valence-corrected chi connectivity index (χ3v) is 6.16. The van der Waals surface area contributed by atoms with E-state index in [0.29, 0.717) is 5.02 Å². The second-order valence-corrected chi connectivity index (χ2v) is 8.17. The van der Waals surface area contributed by atoms with Gasteiger partial charge in [0, 0.05) is 11.3 Å². The van der Waals surface area contributed by atoms with Crippen molar-refractivity contribution in [3.8, 4) is 10.6 Å². The zero-order valence-electron chi connectivity index (χ0n) is 15.8. The number of carbonyl (C=O) groups is 1. The molecule has 0 aliphatic carbocycles. The minimum Gasteiger partial charge on any atom is -0.324 e. The van der Waals surface area contributed by atoms with Gasteiger partial charge in [-0.05, 0) is 62.7 Å². The van der Waals surface area contributed by atoms with E-state index in [1.165, 1.54) is 10.3 Å². The molecule has 28 heavy (non-hydrogen) atoms. The maximum absolute atomic E-state index is 12.3. The van der Waals surface area contributed by atoms with E-state index in [2.05, 4.69) is 29.5 Å². The average Bonchev–Trinajstić information content (AvgIpc) is 3.19. The first-order valence-electron chi connectivity index (χ1n) is 8.87. The van der Waals surface area contributed by atoms with Crippen molar-refractivity contribution in [3.05, 3.63) is 64.4 Å². The molecule has 2 aromatic heterocycles. The largest absolute Gasteiger partial charge is 0.324 e. The third kappa shape index (κ3) is 3.66. The molecule has 0 aliphatic rings. The lowest BCUT2D eigenvalue weighted by molar-refractivity contribution is -0.116. The molecule has 0 aliphatic heterocycles. The van der Waals surface area contributed by atoms with Gasteiger partial charge in [0.2, 0.25) is 5.91 Å². The van der Waals surface area contributed by atoms with Crippen LogP contribution >= 0.6 is 22.9 Å². The number of aryl methyl sites for hydroxylation is 2. The van der Waals surface area contributed by atoms with E-state index >= 15 is 0 Å². The van der Waals surface area contributed by atoms with E-state index in [1.54, 1.807) is 16.0 Å². The Morgan fingerprint density at radius 3 is 2.57 bits per heavy atom. The van der Waals surface area contributed by atoms with Gasteiger partial charge in [0.1, 0.15) is 11.6 Å². The summed E-state index contributed by atoms with van der Waals surface area (Å²) in [4.78, 5) is 17.0. The number of rotatable bonds is 4. The Bertz CT molecular complexity index is 1180. The van der Waals surface area contributed by atoms with Crippen LogP contribution in [0.4, 0.5) is 5.69 Å².